The summed E-state index contributed by atoms with van der Waals surface area (Å²) in [6, 6.07) is 1.68. The second-order valence-electron chi connectivity index (χ2n) is 5.01. The molecule has 1 aromatic rings. The molecule has 1 aromatic carbocycles. The molecule has 118 valence electrons. The van der Waals surface area contributed by atoms with Gasteiger partial charge in [0.25, 0.3) is 0 Å². The van der Waals surface area contributed by atoms with Crippen molar-refractivity contribution in [3.8, 4) is 0 Å². The topological polar surface area (TPSA) is 110 Å². The molecule has 0 saturated carbocycles. The van der Waals surface area contributed by atoms with Crippen LogP contribution in [0.5, 0.6) is 0 Å². The Hall–Kier alpha value is -1.58. The summed E-state index contributed by atoms with van der Waals surface area (Å²) >= 11 is 0. The highest BCUT2D eigenvalue weighted by Crippen LogP contribution is 2.26. The van der Waals surface area contributed by atoms with Crippen molar-refractivity contribution in [2.75, 3.05) is 6.61 Å². The minimum absolute atomic E-state index is 0.147. The molecule has 0 aliphatic heterocycles. The molecule has 2 N–H and O–H groups in total. The molecule has 1 unspecified atom stereocenters. The zero-order chi connectivity index (χ0) is 16.4. The first kappa shape index (κ1) is 17.5. The van der Waals surface area contributed by atoms with Crippen molar-refractivity contribution >= 4 is 15.7 Å². The summed E-state index contributed by atoms with van der Waals surface area (Å²) < 4.78 is 40.3. The molecule has 0 bridgehead atoms. The van der Waals surface area contributed by atoms with Gasteiger partial charge >= 0.3 is 5.69 Å². The molecule has 0 radical (unpaired) electrons. The van der Waals surface area contributed by atoms with Crippen LogP contribution in [0.1, 0.15) is 25.8 Å². The Morgan fingerprint density at radius 2 is 2.05 bits per heavy atom. The first-order chi connectivity index (χ1) is 9.56. The van der Waals surface area contributed by atoms with Gasteiger partial charge in [0.15, 0.2) is 0 Å². The predicted molar refractivity (Wildman–Crippen MR) is 73.9 cm³/mol. The minimum Gasteiger partial charge on any atom is -0.394 e. The lowest BCUT2D eigenvalue weighted by Gasteiger charge is -2.26. The molecule has 0 saturated heterocycles. The molecule has 0 aliphatic rings. The van der Waals surface area contributed by atoms with Crippen LogP contribution in [0.2, 0.25) is 0 Å². The van der Waals surface area contributed by atoms with Crippen molar-refractivity contribution in [2.24, 2.45) is 0 Å². The third-order valence-electron chi connectivity index (χ3n) is 3.23. The fraction of sp³-hybridized carbons (Fsp3) is 0.500. The molecule has 9 heteroatoms. The van der Waals surface area contributed by atoms with Gasteiger partial charge in [-0.2, -0.15) is 4.39 Å². The Bertz CT molecular complexity index is 656. The number of nitrogens with zero attached hydrogens (tertiary/aromatic N) is 1. The van der Waals surface area contributed by atoms with Gasteiger partial charge in [-0.05, 0) is 31.9 Å². The molecule has 21 heavy (non-hydrogen) atoms. The first-order valence-electron chi connectivity index (χ1n) is 6.15. The molecule has 1 atom stereocenters. The van der Waals surface area contributed by atoms with E-state index in [-0.39, 0.29) is 5.56 Å². The number of nitrogens with one attached hydrogen (secondary N) is 1. The molecule has 0 aliphatic carbocycles. The maximum Gasteiger partial charge on any atom is 0.306 e. The monoisotopic (exact) mass is 320 g/mol. The van der Waals surface area contributed by atoms with Crippen LogP contribution in [0.15, 0.2) is 17.0 Å². The predicted octanol–water partition coefficient (Wildman–Crippen LogP) is 1.48. The molecule has 1 rings (SSSR count). The SMILES string of the molecule is CCC(C)(CO)NS(=O)(=O)c1cc(C)c(F)c([N+](=O)[O-])c1. The number of sulfonamides is 1. The Balaban J connectivity index is 3.36. The third-order valence-corrected chi connectivity index (χ3v) is 4.84. The Kier molecular flexibility index (Phi) is 5.03. The van der Waals surface area contributed by atoms with Gasteiger partial charge in [-0.15, -0.1) is 0 Å². The van der Waals surface area contributed by atoms with Crippen LogP contribution in [0, 0.1) is 22.9 Å². The van der Waals surface area contributed by atoms with Gasteiger partial charge in [-0.1, -0.05) is 6.92 Å². The van der Waals surface area contributed by atoms with Crippen molar-refractivity contribution in [3.63, 3.8) is 0 Å². The smallest absolute Gasteiger partial charge is 0.306 e. The van der Waals surface area contributed by atoms with Crippen molar-refractivity contribution in [1.29, 1.82) is 0 Å². The number of nitro benzene ring substituents is 1. The number of aliphatic hydroxyl groups excluding tert-OH is 1. The summed E-state index contributed by atoms with van der Waals surface area (Å²) in [7, 11) is -4.12. The molecule has 0 amide bonds. The van der Waals surface area contributed by atoms with Gasteiger partial charge in [0, 0.05) is 6.07 Å². The van der Waals surface area contributed by atoms with Crippen LogP contribution >= 0.6 is 0 Å². The minimum atomic E-state index is -4.12. The molecule has 0 spiro atoms. The Morgan fingerprint density at radius 3 is 2.48 bits per heavy atom. The summed E-state index contributed by atoms with van der Waals surface area (Å²) in [4.78, 5) is 9.37. The van der Waals surface area contributed by atoms with E-state index in [1.54, 1.807) is 6.92 Å². The quantitative estimate of drug-likeness (QED) is 0.609. The maximum absolute atomic E-state index is 13.6. The summed E-state index contributed by atoms with van der Waals surface area (Å²) in [6.07, 6.45) is 0.311. The van der Waals surface area contributed by atoms with E-state index in [9.17, 15) is 28.0 Å². The molecule has 7 nitrogen and oxygen atoms in total. The van der Waals surface area contributed by atoms with E-state index in [0.717, 1.165) is 6.07 Å². The number of aryl methyl sites for hydroxylation is 1. The van der Waals surface area contributed by atoms with Gasteiger partial charge in [0.05, 0.1) is 22.0 Å². The summed E-state index contributed by atoms with van der Waals surface area (Å²) in [5.74, 6) is -1.07. The van der Waals surface area contributed by atoms with Crippen molar-refractivity contribution in [1.82, 2.24) is 4.72 Å². The largest absolute Gasteiger partial charge is 0.394 e. The molecule has 0 aromatic heterocycles. The number of hydrogen-bond donors (Lipinski definition) is 2. The zero-order valence-electron chi connectivity index (χ0n) is 11.9. The summed E-state index contributed by atoms with van der Waals surface area (Å²) in [5, 5.41) is 20.0. The average Bonchev–Trinajstić information content (AvgIpc) is 2.40. The number of halogens is 1. The number of aliphatic hydroxyl groups is 1. The van der Waals surface area contributed by atoms with E-state index >= 15 is 0 Å². The van der Waals surface area contributed by atoms with Crippen LogP contribution in [0.4, 0.5) is 10.1 Å². The highest BCUT2D eigenvalue weighted by atomic mass is 32.2. The Labute approximate surface area is 122 Å². The highest BCUT2D eigenvalue weighted by molar-refractivity contribution is 7.89. The summed E-state index contributed by atoms with van der Waals surface area (Å²) in [6.45, 7) is 3.98. The van der Waals surface area contributed by atoms with Crippen LogP contribution in [0.3, 0.4) is 0 Å². The van der Waals surface area contributed by atoms with E-state index < -0.39 is 43.5 Å². The van der Waals surface area contributed by atoms with Crippen LogP contribution < -0.4 is 4.72 Å². The standard InChI is InChI=1S/C12H17FN2O5S/c1-4-12(3,7-16)14-21(19,20)9-5-8(2)11(13)10(6-9)15(17)18/h5-6,14,16H,4,7H2,1-3H3. The lowest BCUT2D eigenvalue weighted by molar-refractivity contribution is -0.387. The normalized spacial score (nSPS) is 14.7. The van der Waals surface area contributed by atoms with Crippen molar-refractivity contribution < 1.29 is 22.8 Å². The second kappa shape index (κ2) is 6.04. The molecular formula is C12H17FN2O5S. The van der Waals surface area contributed by atoms with E-state index in [1.807, 2.05) is 0 Å². The maximum atomic E-state index is 13.6. The van der Waals surface area contributed by atoms with Gasteiger partial charge in [-0.25, -0.2) is 13.1 Å². The van der Waals surface area contributed by atoms with Crippen LogP contribution in [-0.2, 0) is 10.0 Å². The van der Waals surface area contributed by atoms with Gasteiger partial charge in [-0.3, -0.25) is 10.1 Å². The molecule has 0 fully saturated rings. The molecule has 0 heterocycles. The average molecular weight is 320 g/mol. The number of rotatable bonds is 6. The Morgan fingerprint density at radius 1 is 1.48 bits per heavy atom. The lowest BCUT2D eigenvalue weighted by Crippen LogP contribution is -2.48. The van der Waals surface area contributed by atoms with Crippen LogP contribution in [0.25, 0.3) is 0 Å². The van der Waals surface area contributed by atoms with E-state index in [2.05, 4.69) is 4.72 Å². The fourth-order valence-electron chi connectivity index (χ4n) is 1.61. The van der Waals surface area contributed by atoms with Crippen LogP contribution in [-0.4, -0.2) is 30.6 Å². The summed E-state index contributed by atoms with van der Waals surface area (Å²) in [5.41, 5.74) is -2.15. The highest BCUT2D eigenvalue weighted by Gasteiger charge is 2.30. The first-order valence-corrected chi connectivity index (χ1v) is 7.64. The van der Waals surface area contributed by atoms with E-state index in [0.29, 0.717) is 12.5 Å². The number of hydrogen-bond acceptors (Lipinski definition) is 5. The van der Waals surface area contributed by atoms with Gasteiger partial charge in [0.1, 0.15) is 0 Å². The van der Waals surface area contributed by atoms with Crippen molar-refractivity contribution in [2.45, 2.75) is 37.6 Å². The second-order valence-corrected chi connectivity index (χ2v) is 6.69. The zero-order valence-corrected chi connectivity index (χ0v) is 12.7. The fourth-order valence-corrected chi connectivity index (χ4v) is 3.18. The van der Waals surface area contributed by atoms with Gasteiger partial charge < -0.3 is 5.11 Å². The molecular weight excluding hydrogens is 303 g/mol. The van der Waals surface area contributed by atoms with E-state index in [1.165, 1.54) is 13.8 Å². The third kappa shape index (κ3) is 3.74. The van der Waals surface area contributed by atoms with E-state index in [4.69, 9.17) is 0 Å². The van der Waals surface area contributed by atoms with Crippen molar-refractivity contribution in [3.05, 3.63) is 33.6 Å². The lowest BCUT2D eigenvalue weighted by atomic mass is 10.0. The van der Waals surface area contributed by atoms with Gasteiger partial charge in [0.2, 0.25) is 15.8 Å². The number of benzene rings is 1. The number of nitro groups is 1.